The number of likely N-dealkylation sites (tertiary alicyclic amines) is 1. The molecule has 318 valence electrons. The number of carbonyl (C=O) groups is 4. The van der Waals surface area contributed by atoms with Crippen molar-refractivity contribution in [2.24, 2.45) is 11.1 Å². The van der Waals surface area contributed by atoms with Crippen LogP contribution in [0.3, 0.4) is 0 Å². The number of nitrogens with zero attached hydrogens (tertiary/aromatic N) is 4. The van der Waals surface area contributed by atoms with Crippen molar-refractivity contribution in [2.75, 3.05) is 50.1 Å². The number of allylic oxidation sites excluding steroid dienone is 1. The van der Waals surface area contributed by atoms with Crippen LogP contribution in [0.2, 0.25) is 0 Å². The summed E-state index contributed by atoms with van der Waals surface area (Å²) >= 11 is 0. The van der Waals surface area contributed by atoms with Gasteiger partial charge in [-0.15, -0.1) is 6.42 Å². The molecule has 2 aliphatic heterocycles. The average molecular weight is 820 g/mol. The summed E-state index contributed by atoms with van der Waals surface area (Å²) in [5.74, 6) is 1.55. The van der Waals surface area contributed by atoms with E-state index in [4.69, 9.17) is 22.3 Å². The molecule has 60 heavy (non-hydrogen) atoms. The Balaban J connectivity index is 1.15. The lowest BCUT2D eigenvalue weighted by Crippen LogP contribution is -2.58. The van der Waals surface area contributed by atoms with Gasteiger partial charge >= 0.3 is 0 Å². The maximum Gasteiger partial charge on any atom is 0.274 e. The van der Waals surface area contributed by atoms with Crippen molar-refractivity contribution < 1.29 is 29.0 Å². The van der Waals surface area contributed by atoms with Crippen LogP contribution in [0.25, 0.3) is 5.70 Å². The zero-order chi connectivity index (χ0) is 43.7. The summed E-state index contributed by atoms with van der Waals surface area (Å²) in [5, 5.41) is 26.7. The van der Waals surface area contributed by atoms with Crippen LogP contribution < -0.4 is 31.3 Å². The summed E-state index contributed by atoms with van der Waals surface area (Å²) in [6.07, 6.45) is 7.31. The highest BCUT2D eigenvalue weighted by Crippen LogP contribution is 2.32. The third kappa shape index (κ3) is 11.1. The minimum Gasteiger partial charge on any atom is -0.494 e. The minimum absolute atomic E-state index is 0.0109. The largest absolute Gasteiger partial charge is 0.494 e. The number of terminal acetylenes is 1. The van der Waals surface area contributed by atoms with Crippen LogP contribution in [0.15, 0.2) is 66.7 Å². The molecule has 0 unspecified atom stereocenters. The van der Waals surface area contributed by atoms with Crippen molar-refractivity contribution in [1.82, 2.24) is 25.4 Å². The quantitative estimate of drug-likeness (QED) is 0.103. The molecule has 15 nitrogen and oxygen atoms in total. The minimum atomic E-state index is -0.924. The molecule has 3 aromatic rings. The number of aliphatic hydroxyl groups excluding tert-OH is 1. The first kappa shape index (κ1) is 44.9. The van der Waals surface area contributed by atoms with E-state index in [1.165, 1.54) is 18.1 Å². The molecular formula is C45H57N9O6. The van der Waals surface area contributed by atoms with Crippen LogP contribution in [0.5, 0.6) is 5.75 Å². The lowest BCUT2D eigenvalue weighted by atomic mass is 9.85. The van der Waals surface area contributed by atoms with Gasteiger partial charge in [-0.3, -0.25) is 24.1 Å². The number of β-amino-alcohol motifs (C(OH)–C–C–N with tert-alkyl or cyclic N) is 1. The Kier molecular flexibility index (Phi) is 14.7. The fraction of sp³-hybridized carbons (Fsp3) is 0.422. The van der Waals surface area contributed by atoms with E-state index in [0.717, 1.165) is 23.0 Å². The molecule has 5 atom stereocenters. The summed E-state index contributed by atoms with van der Waals surface area (Å²) in [6, 6.07) is 15.7. The Hall–Kier alpha value is -6.24. The summed E-state index contributed by atoms with van der Waals surface area (Å²) in [5.41, 5.74) is 9.06. The topological polar surface area (TPSA) is 206 Å². The van der Waals surface area contributed by atoms with Gasteiger partial charge in [0, 0.05) is 75.1 Å². The van der Waals surface area contributed by atoms with E-state index >= 15 is 0 Å². The van der Waals surface area contributed by atoms with Gasteiger partial charge in [-0.25, -0.2) is 4.98 Å². The maximum atomic E-state index is 14.1. The van der Waals surface area contributed by atoms with Crippen LogP contribution in [-0.2, 0) is 14.4 Å². The fourth-order valence-corrected chi connectivity index (χ4v) is 7.48. The van der Waals surface area contributed by atoms with Crippen LogP contribution in [0, 0.1) is 23.2 Å². The van der Waals surface area contributed by atoms with Gasteiger partial charge in [-0.05, 0) is 67.3 Å². The normalized spacial score (nSPS) is 19.4. The summed E-state index contributed by atoms with van der Waals surface area (Å²) in [6.45, 7) is 12.0. The number of pyridine rings is 1. The number of nitrogens with one attached hydrogen (secondary N) is 4. The second kappa shape index (κ2) is 19.7. The zero-order valence-electron chi connectivity index (χ0n) is 35.2. The molecule has 0 saturated carbocycles. The first-order chi connectivity index (χ1) is 28.5. The molecule has 2 aliphatic rings. The second-order valence-corrected chi connectivity index (χ2v) is 16.4. The molecule has 0 aliphatic carbocycles. The Morgan fingerprint density at radius 1 is 1.07 bits per heavy atom. The number of nitrogens with two attached hydrogens (primary N) is 1. The third-order valence-electron chi connectivity index (χ3n) is 10.9. The molecule has 0 radical (unpaired) electrons. The number of piperazine rings is 1. The standard InChI is InChI=1S/C45H57N9O6/c1-8-30-12-14-31(15-13-30)29(3)48-43(58)38-25-33(55)27-54(38)44(59)41(45(4,5)6)51-40(56)19-21-52-22-23-53(26-28(52)2)32-16-17-36(39(24-32)60-7)50-42(57)37-11-9-10-35(49-37)34(47)18-20-46/h1,9-18,20,24,28-29,33,38,41,46,55H,19,21-23,25-27,47H2,2-7H3,(H,48,58)(H,50,57)(H,51,56)/t28-,29+,33-,38+,41-/m1/s1. The van der Waals surface area contributed by atoms with Crippen molar-refractivity contribution >= 4 is 46.9 Å². The van der Waals surface area contributed by atoms with Gasteiger partial charge in [-0.2, -0.15) is 0 Å². The molecular weight excluding hydrogens is 763 g/mol. The molecule has 4 amide bonds. The number of rotatable bonds is 14. The van der Waals surface area contributed by atoms with E-state index < -0.39 is 35.4 Å². The summed E-state index contributed by atoms with van der Waals surface area (Å²) in [4.78, 5) is 64.4. The highest BCUT2D eigenvalue weighted by molar-refractivity contribution is 6.04. The van der Waals surface area contributed by atoms with Gasteiger partial charge in [0.05, 0.1) is 36.3 Å². The van der Waals surface area contributed by atoms with E-state index in [1.807, 2.05) is 52.0 Å². The Morgan fingerprint density at radius 3 is 2.43 bits per heavy atom. The summed E-state index contributed by atoms with van der Waals surface area (Å²) in [7, 11) is 1.54. The molecule has 0 spiro atoms. The van der Waals surface area contributed by atoms with Gasteiger partial charge < -0.3 is 46.7 Å². The average Bonchev–Trinajstić information content (AvgIpc) is 3.63. The van der Waals surface area contributed by atoms with Crippen molar-refractivity contribution in [2.45, 2.75) is 77.7 Å². The van der Waals surface area contributed by atoms with Gasteiger partial charge in [0.15, 0.2) is 0 Å². The van der Waals surface area contributed by atoms with Gasteiger partial charge in [-0.1, -0.05) is 44.9 Å². The number of anilines is 2. The summed E-state index contributed by atoms with van der Waals surface area (Å²) < 4.78 is 5.65. The van der Waals surface area contributed by atoms with Gasteiger partial charge in [0.2, 0.25) is 17.7 Å². The van der Waals surface area contributed by atoms with Crippen molar-refractivity contribution in [3.63, 3.8) is 0 Å². The monoisotopic (exact) mass is 819 g/mol. The van der Waals surface area contributed by atoms with E-state index in [9.17, 15) is 24.3 Å². The molecule has 5 rings (SSSR count). The number of amides is 4. The third-order valence-corrected chi connectivity index (χ3v) is 10.9. The van der Waals surface area contributed by atoms with Crippen LogP contribution in [0.4, 0.5) is 11.4 Å². The maximum absolute atomic E-state index is 14.1. The molecule has 15 heteroatoms. The van der Waals surface area contributed by atoms with Gasteiger partial charge in [0.25, 0.3) is 5.91 Å². The first-order valence-electron chi connectivity index (χ1n) is 20.1. The molecule has 0 bridgehead atoms. The number of aliphatic hydroxyl groups is 1. The number of aromatic nitrogens is 1. The Bertz CT molecular complexity index is 2130. The molecule has 7 N–H and O–H groups in total. The number of methoxy groups -OCH3 is 1. The molecule has 2 fully saturated rings. The number of hydrogen-bond acceptors (Lipinski definition) is 11. The predicted octanol–water partition coefficient (Wildman–Crippen LogP) is 3.54. The lowest BCUT2D eigenvalue weighted by molar-refractivity contribution is -0.144. The molecule has 2 aromatic carbocycles. The van der Waals surface area contributed by atoms with E-state index in [-0.39, 0.29) is 54.7 Å². The van der Waals surface area contributed by atoms with E-state index in [1.54, 1.807) is 36.4 Å². The van der Waals surface area contributed by atoms with Crippen LogP contribution in [-0.4, -0.2) is 114 Å². The highest BCUT2D eigenvalue weighted by atomic mass is 16.5. The predicted molar refractivity (Wildman–Crippen MR) is 232 cm³/mol. The Labute approximate surface area is 352 Å². The Morgan fingerprint density at radius 2 is 1.78 bits per heavy atom. The van der Waals surface area contributed by atoms with Crippen LogP contribution in [0.1, 0.15) is 80.8 Å². The molecule has 3 heterocycles. The highest BCUT2D eigenvalue weighted by Gasteiger charge is 2.44. The van der Waals surface area contributed by atoms with Crippen molar-refractivity contribution in [1.29, 1.82) is 5.41 Å². The van der Waals surface area contributed by atoms with Crippen molar-refractivity contribution in [3.8, 4) is 18.1 Å². The number of hydrogen-bond donors (Lipinski definition) is 6. The zero-order valence-corrected chi connectivity index (χ0v) is 35.2. The number of carbonyl (C=O) groups excluding carboxylic acids is 4. The molecule has 2 saturated heterocycles. The van der Waals surface area contributed by atoms with Gasteiger partial charge in [0.1, 0.15) is 23.5 Å². The SMILES string of the molecule is C#Cc1ccc([C@H](C)NC(=O)[C@@H]2C[C@@H](O)CN2C(=O)[C@@H](NC(=O)CCN2CCN(c3ccc(NC(=O)c4cccc(C(N)=CC=N)n4)c(OC)c3)C[C@H]2C)C(C)(C)C)cc1. The smallest absolute Gasteiger partial charge is 0.274 e. The number of benzene rings is 2. The van der Waals surface area contributed by atoms with Crippen LogP contribution >= 0.6 is 0 Å². The first-order valence-corrected chi connectivity index (χ1v) is 20.1. The number of ether oxygens (including phenoxy) is 1. The van der Waals surface area contributed by atoms with Crippen molar-refractivity contribution in [3.05, 3.63) is 89.3 Å². The second-order valence-electron chi connectivity index (χ2n) is 16.4. The lowest BCUT2D eigenvalue weighted by Gasteiger charge is -2.41. The molecule has 1 aromatic heterocycles. The fourth-order valence-electron chi connectivity index (χ4n) is 7.48. The van der Waals surface area contributed by atoms with E-state index in [0.29, 0.717) is 43.3 Å². The van der Waals surface area contributed by atoms with E-state index in [2.05, 4.69) is 43.6 Å².